The predicted molar refractivity (Wildman–Crippen MR) is 120 cm³/mol. The maximum atomic E-state index is 12.8. The number of likely N-dealkylation sites (N-methyl/N-ethyl adjacent to an activating group) is 1. The Kier molecular flexibility index (Phi) is 7.64. The molecular weight excluding hydrogens is 440 g/mol. The second kappa shape index (κ2) is 10.4. The molecule has 11 heteroatoms. The Balaban J connectivity index is 1.84. The van der Waals surface area contributed by atoms with Gasteiger partial charge in [0.25, 0.3) is 5.91 Å². The highest BCUT2D eigenvalue weighted by molar-refractivity contribution is 8.18. The molecule has 31 heavy (non-hydrogen) atoms. The van der Waals surface area contributed by atoms with Gasteiger partial charge in [0.1, 0.15) is 5.01 Å². The van der Waals surface area contributed by atoms with Gasteiger partial charge in [-0.05, 0) is 56.3 Å². The molecule has 1 aromatic carbocycles. The van der Waals surface area contributed by atoms with E-state index in [9.17, 15) is 9.59 Å². The van der Waals surface area contributed by atoms with Crippen LogP contribution in [0, 0.1) is 6.92 Å². The van der Waals surface area contributed by atoms with Gasteiger partial charge >= 0.3 is 5.97 Å². The fourth-order valence-electron chi connectivity index (χ4n) is 2.69. The summed E-state index contributed by atoms with van der Waals surface area (Å²) in [5, 5.41) is 18.6. The minimum atomic E-state index is -0.933. The van der Waals surface area contributed by atoms with Gasteiger partial charge in [-0.25, -0.2) is 0 Å². The number of aromatic nitrogens is 2. The van der Waals surface area contributed by atoms with E-state index in [-0.39, 0.29) is 18.9 Å². The minimum Gasteiger partial charge on any atom is -0.490 e. The number of aryl methyl sites for hydroxylation is 1. The average Bonchev–Trinajstić information content (AvgIpc) is 3.26. The summed E-state index contributed by atoms with van der Waals surface area (Å²) < 4.78 is 11.2. The molecule has 9 nitrogen and oxygen atoms in total. The number of rotatable bonds is 9. The molecule has 0 spiro atoms. The van der Waals surface area contributed by atoms with Gasteiger partial charge < -0.3 is 14.6 Å². The monoisotopic (exact) mass is 462 g/mol. The summed E-state index contributed by atoms with van der Waals surface area (Å²) in [6.45, 7) is 6.53. The molecule has 2 aromatic rings. The van der Waals surface area contributed by atoms with Gasteiger partial charge in [-0.15, -0.1) is 10.2 Å². The third-order valence-corrected chi connectivity index (χ3v) is 5.79. The van der Waals surface area contributed by atoms with Crippen LogP contribution in [0.15, 0.2) is 28.1 Å². The third-order valence-electron chi connectivity index (χ3n) is 4.05. The van der Waals surface area contributed by atoms with Crippen LogP contribution in [-0.2, 0) is 9.59 Å². The fraction of sp³-hybridized carbons (Fsp3) is 0.350. The van der Waals surface area contributed by atoms with Crippen LogP contribution in [0.4, 0.5) is 5.13 Å². The molecule has 1 aliphatic heterocycles. The second-order valence-corrected chi connectivity index (χ2v) is 8.46. The van der Waals surface area contributed by atoms with Crippen LogP contribution in [0.2, 0.25) is 0 Å². The van der Waals surface area contributed by atoms with Crippen molar-refractivity contribution in [1.82, 2.24) is 15.1 Å². The summed E-state index contributed by atoms with van der Waals surface area (Å²) >= 11 is 2.64. The zero-order valence-corrected chi connectivity index (χ0v) is 19.0. The summed E-state index contributed by atoms with van der Waals surface area (Å²) in [7, 11) is 0. The van der Waals surface area contributed by atoms with Gasteiger partial charge in [-0.2, -0.15) is 4.99 Å². The number of nitrogens with zero attached hydrogens (tertiary/aromatic N) is 4. The van der Waals surface area contributed by atoms with E-state index >= 15 is 0 Å². The third kappa shape index (κ3) is 5.82. The number of benzene rings is 1. The summed E-state index contributed by atoms with van der Waals surface area (Å²) in [6, 6.07) is 5.26. The molecule has 3 rings (SSSR count). The van der Waals surface area contributed by atoms with E-state index in [0.29, 0.717) is 39.9 Å². The number of aliphatic imine (C=N–C) groups is 1. The lowest BCUT2D eigenvalue weighted by Gasteiger charge is -2.12. The number of hydrogen-bond acceptors (Lipinski definition) is 9. The number of carbonyl (C=O) groups excluding carboxylic acids is 1. The minimum absolute atomic E-state index is 0.0422. The van der Waals surface area contributed by atoms with Crippen molar-refractivity contribution < 1.29 is 24.2 Å². The van der Waals surface area contributed by atoms with E-state index in [0.717, 1.165) is 10.6 Å². The maximum absolute atomic E-state index is 12.8. The first kappa shape index (κ1) is 22.8. The SMILES string of the molecule is CCOc1cc(/C=C2/S/C(=N/c3nnc(C)s3)N(CC)C2=O)ccc1OCCC(=O)O. The molecular formula is C20H22N4O5S2. The summed E-state index contributed by atoms with van der Waals surface area (Å²) in [4.78, 5) is 30.1. The van der Waals surface area contributed by atoms with Crippen molar-refractivity contribution in [2.75, 3.05) is 19.8 Å². The normalized spacial score (nSPS) is 16.4. The average molecular weight is 463 g/mol. The number of aliphatic carboxylic acids is 1. The van der Waals surface area contributed by atoms with Gasteiger partial charge in [-0.1, -0.05) is 17.4 Å². The smallest absolute Gasteiger partial charge is 0.306 e. The van der Waals surface area contributed by atoms with Crippen LogP contribution in [0.1, 0.15) is 30.8 Å². The van der Waals surface area contributed by atoms with Crippen molar-refractivity contribution in [3.63, 3.8) is 0 Å². The number of amidine groups is 1. The molecule has 1 aliphatic rings. The largest absolute Gasteiger partial charge is 0.490 e. The quantitative estimate of drug-likeness (QED) is 0.561. The van der Waals surface area contributed by atoms with Crippen LogP contribution >= 0.6 is 23.1 Å². The molecule has 0 aliphatic carbocycles. The van der Waals surface area contributed by atoms with E-state index < -0.39 is 5.97 Å². The Morgan fingerprint density at radius 2 is 2.06 bits per heavy atom. The topological polar surface area (TPSA) is 114 Å². The van der Waals surface area contributed by atoms with Crippen molar-refractivity contribution >= 4 is 51.4 Å². The number of carboxylic acid groups (broad SMARTS) is 1. The van der Waals surface area contributed by atoms with Gasteiger partial charge in [0, 0.05) is 6.54 Å². The number of carboxylic acids is 1. The van der Waals surface area contributed by atoms with Crippen LogP contribution < -0.4 is 9.47 Å². The van der Waals surface area contributed by atoms with Gasteiger partial charge in [0.15, 0.2) is 16.7 Å². The Hall–Kier alpha value is -2.92. The van der Waals surface area contributed by atoms with Crippen LogP contribution in [0.25, 0.3) is 6.08 Å². The first-order chi connectivity index (χ1) is 14.9. The zero-order valence-electron chi connectivity index (χ0n) is 17.3. The van der Waals surface area contributed by atoms with Crippen molar-refractivity contribution in [3.05, 3.63) is 33.7 Å². The standard InChI is InChI=1S/C20H22N4O5S2/c1-4-24-18(27)16(31-20(24)21-19-23-22-12(3)30-19)11-13-6-7-14(15(10-13)28-5-2)29-9-8-17(25)26/h6-7,10-11H,4-5,8-9H2,1-3H3,(H,25,26)/b16-11+,21-20+. The van der Waals surface area contributed by atoms with Crippen LogP contribution in [0.3, 0.4) is 0 Å². The first-order valence-corrected chi connectivity index (χ1v) is 11.3. The lowest BCUT2D eigenvalue weighted by Crippen LogP contribution is -2.28. The molecule has 0 saturated carbocycles. The number of amides is 1. The number of ether oxygens (including phenoxy) is 2. The number of thioether (sulfide) groups is 1. The summed E-state index contributed by atoms with van der Waals surface area (Å²) in [5.74, 6) is -0.118. The lowest BCUT2D eigenvalue weighted by molar-refractivity contribution is -0.137. The maximum Gasteiger partial charge on any atom is 0.306 e. The lowest BCUT2D eigenvalue weighted by atomic mass is 10.2. The summed E-state index contributed by atoms with van der Waals surface area (Å²) in [6.07, 6.45) is 1.67. The predicted octanol–water partition coefficient (Wildman–Crippen LogP) is 3.72. The van der Waals surface area contributed by atoms with Gasteiger partial charge in [0.05, 0.1) is 24.5 Å². The summed E-state index contributed by atoms with van der Waals surface area (Å²) in [5.41, 5.74) is 0.758. The Morgan fingerprint density at radius 3 is 2.71 bits per heavy atom. The van der Waals surface area contributed by atoms with E-state index in [1.165, 1.54) is 23.1 Å². The van der Waals surface area contributed by atoms with Crippen molar-refractivity contribution in [3.8, 4) is 11.5 Å². The number of hydrogen-bond donors (Lipinski definition) is 1. The molecule has 0 radical (unpaired) electrons. The molecule has 1 saturated heterocycles. The molecule has 164 valence electrons. The van der Waals surface area contributed by atoms with Crippen LogP contribution in [0.5, 0.6) is 11.5 Å². The highest BCUT2D eigenvalue weighted by atomic mass is 32.2. The molecule has 0 bridgehead atoms. The van der Waals surface area contributed by atoms with E-state index in [2.05, 4.69) is 15.2 Å². The van der Waals surface area contributed by atoms with E-state index in [4.69, 9.17) is 14.6 Å². The Bertz CT molecular complexity index is 1030. The van der Waals surface area contributed by atoms with Gasteiger partial charge in [0.2, 0.25) is 5.13 Å². The van der Waals surface area contributed by atoms with Crippen molar-refractivity contribution in [2.45, 2.75) is 27.2 Å². The molecule has 2 heterocycles. The first-order valence-electron chi connectivity index (χ1n) is 9.62. The Labute approximate surface area is 187 Å². The highest BCUT2D eigenvalue weighted by Gasteiger charge is 2.32. The Morgan fingerprint density at radius 1 is 1.26 bits per heavy atom. The highest BCUT2D eigenvalue weighted by Crippen LogP contribution is 2.36. The van der Waals surface area contributed by atoms with E-state index in [1.54, 1.807) is 29.2 Å². The van der Waals surface area contributed by atoms with Gasteiger partial charge in [-0.3, -0.25) is 14.5 Å². The fourth-order valence-corrected chi connectivity index (χ4v) is 4.35. The number of carbonyl (C=O) groups is 2. The molecule has 0 unspecified atom stereocenters. The molecule has 1 N–H and O–H groups in total. The zero-order chi connectivity index (χ0) is 22.4. The van der Waals surface area contributed by atoms with Crippen molar-refractivity contribution in [2.24, 2.45) is 4.99 Å². The van der Waals surface area contributed by atoms with Crippen LogP contribution in [-0.4, -0.2) is 57.0 Å². The molecule has 0 atom stereocenters. The molecule has 1 amide bonds. The molecule has 1 aromatic heterocycles. The second-order valence-electron chi connectivity index (χ2n) is 6.29. The molecule has 1 fully saturated rings. The van der Waals surface area contributed by atoms with E-state index in [1.807, 2.05) is 20.8 Å². The van der Waals surface area contributed by atoms with Crippen molar-refractivity contribution in [1.29, 1.82) is 0 Å².